The summed E-state index contributed by atoms with van der Waals surface area (Å²) in [5, 5.41) is 12.4. The molecular formula is C19H21BrN2O6S. The smallest absolute Gasteiger partial charge is 0.342 e. The number of aromatic hydroxyl groups is 1. The SMILES string of the molecule is Cc1ccc(S(=O)(=O)N(C)C)cc1NC(=O)C(C)OC(=O)c1cc(Br)ccc1O. The summed E-state index contributed by atoms with van der Waals surface area (Å²) in [5.41, 5.74) is 0.833. The first-order chi connectivity index (χ1) is 13.4. The molecule has 0 heterocycles. The number of halogens is 1. The van der Waals surface area contributed by atoms with Crippen molar-refractivity contribution >= 4 is 43.5 Å². The Bertz CT molecular complexity index is 1050. The number of nitrogens with one attached hydrogen (secondary N) is 1. The maximum absolute atomic E-state index is 12.5. The van der Waals surface area contributed by atoms with Crippen LogP contribution in [0.5, 0.6) is 5.75 Å². The van der Waals surface area contributed by atoms with E-state index in [1.807, 2.05) is 0 Å². The fourth-order valence-electron chi connectivity index (χ4n) is 2.29. The fourth-order valence-corrected chi connectivity index (χ4v) is 3.58. The quantitative estimate of drug-likeness (QED) is 0.609. The van der Waals surface area contributed by atoms with Crippen molar-refractivity contribution in [3.8, 4) is 5.75 Å². The molecule has 0 aromatic heterocycles. The first-order valence-corrected chi connectivity index (χ1v) is 10.7. The molecule has 2 aromatic rings. The van der Waals surface area contributed by atoms with Crippen molar-refractivity contribution in [3.63, 3.8) is 0 Å². The largest absolute Gasteiger partial charge is 0.507 e. The van der Waals surface area contributed by atoms with Crippen molar-refractivity contribution in [2.75, 3.05) is 19.4 Å². The van der Waals surface area contributed by atoms with Gasteiger partial charge in [0.05, 0.1) is 4.90 Å². The molecule has 0 saturated carbocycles. The van der Waals surface area contributed by atoms with Gasteiger partial charge in [0.2, 0.25) is 10.0 Å². The van der Waals surface area contributed by atoms with Crippen molar-refractivity contribution < 1.29 is 27.9 Å². The highest BCUT2D eigenvalue weighted by molar-refractivity contribution is 9.10. The Hall–Kier alpha value is -2.43. The second-order valence-corrected chi connectivity index (χ2v) is 9.53. The minimum atomic E-state index is -3.67. The Morgan fingerprint density at radius 2 is 1.83 bits per heavy atom. The molecule has 29 heavy (non-hydrogen) atoms. The normalized spacial score (nSPS) is 12.5. The van der Waals surface area contributed by atoms with Crippen molar-refractivity contribution in [1.82, 2.24) is 4.31 Å². The number of hydrogen-bond donors (Lipinski definition) is 2. The monoisotopic (exact) mass is 484 g/mol. The van der Waals surface area contributed by atoms with Gasteiger partial charge in [0.25, 0.3) is 5.91 Å². The number of phenols is 1. The lowest BCUT2D eigenvalue weighted by molar-refractivity contribution is -0.123. The topological polar surface area (TPSA) is 113 Å². The molecule has 0 bridgehead atoms. The first kappa shape index (κ1) is 22.9. The molecule has 0 aliphatic heterocycles. The number of carbonyl (C=O) groups is 2. The molecule has 0 radical (unpaired) electrons. The Morgan fingerprint density at radius 3 is 2.45 bits per heavy atom. The number of anilines is 1. The summed E-state index contributed by atoms with van der Waals surface area (Å²) >= 11 is 3.19. The van der Waals surface area contributed by atoms with Gasteiger partial charge < -0.3 is 15.2 Å². The van der Waals surface area contributed by atoms with Crippen LogP contribution >= 0.6 is 15.9 Å². The van der Waals surface area contributed by atoms with Crippen LogP contribution in [-0.2, 0) is 19.6 Å². The van der Waals surface area contributed by atoms with Gasteiger partial charge in [-0.2, -0.15) is 0 Å². The zero-order chi connectivity index (χ0) is 21.9. The molecule has 0 spiro atoms. The number of amides is 1. The number of ether oxygens (including phenoxy) is 1. The lowest BCUT2D eigenvalue weighted by Gasteiger charge is -2.17. The number of phenolic OH excluding ortho intramolecular Hbond substituents is 1. The van der Waals surface area contributed by atoms with Crippen LogP contribution in [0, 0.1) is 6.92 Å². The van der Waals surface area contributed by atoms with Gasteiger partial charge in [0.1, 0.15) is 11.3 Å². The summed E-state index contributed by atoms with van der Waals surface area (Å²) in [6.07, 6.45) is -1.19. The van der Waals surface area contributed by atoms with Crippen LogP contribution in [0.2, 0.25) is 0 Å². The maximum Gasteiger partial charge on any atom is 0.342 e. The molecule has 2 aromatic carbocycles. The third-order valence-corrected chi connectivity index (χ3v) is 6.38. The van der Waals surface area contributed by atoms with Gasteiger partial charge in [-0.3, -0.25) is 4.79 Å². The number of rotatable bonds is 6. The molecule has 0 aliphatic carbocycles. The van der Waals surface area contributed by atoms with Crippen LogP contribution in [0.25, 0.3) is 0 Å². The number of aryl methyl sites for hydroxylation is 1. The molecule has 10 heteroatoms. The van der Waals surface area contributed by atoms with E-state index in [-0.39, 0.29) is 21.9 Å². The van der Waals surface area contributed by atoms with Gasteiger partial charge in [-0.05, 0) is 49.7 Å². The fraction of sp³-hybridized carbons (Fsp3) is 0.263. The molecule has 0 fully saturated rings. The third kappa shape index (κ3) is 5.34. The molecule has 2 rings (SSSR count). The van der Waals surface area contributed by atoms with Crippen molar-refractivity contribution in [2.45, 2.75) is 24.8 Å². The lowest BCUT2D eigenvalue weighted by Crippen LogP contribution is -2.30. The van der Waals surface area contributed by atoms with E-state index in [1.165, 1.54) is 45.3 Å². The Balaban J connectivity index is 2.17. The van der Waals surface area contributed by atoms with Crippen LogP contribution in [0.1, 0.15) is 22.8 Å². The van der Waals surface area contributed by atoms with Gasteiger partial charge in [0, 0.05) is 24.3 Å². The van der Waals surface area contributed by atoms with Crippen LogP contribution < -0.4 is 5.32 Å². The average molecular weight is 485 g/mol. The molecule has 2 N–H and O–H groups in total. The molecule has 1 unspecified atom stereocenters. The highest BCUT2D eigenvalue weighted by Crippen LogP contribution is 2.24. The van der Waals surface area contributed by atoms with Crippen molar-refractivity contribution in [1.29, 1.82) is 0 Å². The second-order valence-electron chi connectivity index (χ2n) is 6.46. The predicted molar refractivity (Wildman–Crippen MR) is 111 cm³/mol. The number of nitrogens with zero attached hydrogens (tertiary/aromatic N) is 1. The van der Waals surface area contributed by atoms with E-state index >= 15 is 0 Å². The summed E-state index contributed by atoms with van der Waals surface area (Å²) < 4.78 is 31.3. The minimum Gasteiger partial charge on any atom is -0.507 e. The van der Waals surface area contributed by atoms with Crippen LogP contribution in [-0.4, -0.2) is 49.9 Å². The number of esters is 1. The van der Waals surface area contributed by atoms with Gasteiger partial charge in [0.15, 0.2) is 6.10 Å². The summed E-state index contributed by atoms with van der Waals surface area (Å²) in [6.45, 7) is 3.08. The minimum absolute atomic E-state index is 0.0205. The summed E-state index contributed by atoms with van der Waals surface area (Å²) in [6, 6.07) is 8.62. The number of hydrogen-bond acceptors (Lipinski definition) is 6. The number of benzene rings is 2. The number of sulfonamides is 1. The van der Waals surface area contributed by atoms with E-state index in [9.17, 15) is 23.1 Å². The zero-order valence-electron chi connectivity index (χ0n) is 16.3. The van der Waals surface area contributed by atoms with Gasteiger partial charge >= 0.3 is 5.97 Å². The molecule has 0 aliphatic rings. The predicted octanol–water partition coefficient (Wildman–Crippen LogP) is 2.90. The van der Waals surface area contributed by atoms with E-state index < -0.39 is 28.0 Å². The summed E-state index contributed by atoms with van der Waals surface area (Å²) in [5.74, 6) is -1.79. The van der Waals surface area contributed by atoms with E-state index in [1.54, 1.807) is 19.1 Å². The Labute approximate surface area is 177 Å². The molecule has 0 saturated heterocycles. The Morgan fingerprint density at radius 1 is 1.17 bits per heavy atom. The standard InChI is InChI=1S/C19H21BrN2O6S/c1-11-5-7-14(29(26,27)22(3)4)10-16(11)21-18(24)12(2)28-19(25)15-9-13(20)6-8-17(15)23/h5-10,12,23H,1-4H3,(H,21,24). The van der Waals surface area contributed by atoms with Crippen molar-refractivity contribution in [2.24, 2.45) is 0 Å². The summed E-state index contributed by atoms with van der Waals surface area (Å²) in [4.78, 5) is 24.7. The molecule has 1 amide bonds. The van der Waals surface area contributed by atoms with Crippen LogP contribution in [0.3, 0.4) is 0 Å². The number of carbonyl (C=O) groups excluding carboxylic acids is 2. The zero-order valence-corrected chi connectivity index (χ0v) is 18.7. The third-order valence-electron chi connectivity index (χ3n) is 4.08. The highest BCUT2D eigenvalue weighted by Gasteiger charge is 2.23. The first-order valence-electron chi connectivity index (χ1n) is 8.47. The van der Waals surface area contributed by atoms with Crippen molar-refractivity contribution in [3.05, 3.63) is 52.0 Å². The molecular weight excluding hydrogens is 464 g/mol. The Kier molecular flexibility index (Phi) is 7.04. The van der Waals surface area contributed by atoms with Crippen LogP contribution in [0.4, 0.5) is 5.69 Å². The van der Waals surface area contributed by atoms with E-state index in [0.29, 0.717) is 10.0 Å². The average Bonchev–Trinajstić information content (AvgIpc) is 2.64. The van der Waals surface area contributed by atoms with E-state index in [0.717, 1.165) is 4.31 Å². The molecule has 156 valence electrons. The van der Waals surface area contributed by atoms with Gasteiger partial charge in [-0.1, -0.05) is 22.0 Å². The van der Waals surface area contributed by atoms with Crippen LogP contribution in [0.15, 0.2) is 45.8 Å². The van der Waals surface area contributed by atoms with E-state index in [2.05, 4.69) is 21.2 Å². The van der Waals surface area contributed by atoms with Gasteiger partial charge in [-0.25, -0.2) is 17.5 Å². The highest BCUT2D eigenvalue weighted by atomic mass is 79.9. The second kappa shape index (κ2) is 8.93. The van der Waals surface area contributed by atoms with Gasteiger partial charge in [-0.15, -0.1) is 0 Å². The van der Waals surface area contributed by atoms with E-state index in [4.69, 9.17) is 4.74 Å². The summed E-state index contributed by atoms with van der Waals surface area (Å²) in [7, 11) is -0.854. The molecule has 1 atom stereocenters. The lowest BCUT2D eigenvalue weighted by atomic mass is 10.2. The maximum atomic E-state index is 12.5. The molecule has 8 nitrogen and oxygen atoms in total.